The summed E-state index contributed by atoms with van der Waals surface area (Å²) in [4.78, 5) is 52.3. The Bertz CT molecular complexity index is 1200. The number of carbonyl (C=O) groups is 2. The monoisotopic (exact) mass is 560 g/mol. The summed E-state index contributed by atoms with van der Waals surface area (Å²) in [6.07, 6.45) is 4.85. The molecular weight excluding hydrogens is 538 g/mol. The van der Waals surface area contributed by atoms with Crippen LogP contribution in [-0.2, 0) is 25.2 Å². The first kappa shape index (κ1) is 29.0. The molecule has 4 N–H and O–H groups in total. The molecule has 0 aliphatic carbocycles. The Morgan fingerprint density at radius 2 is 2.03 bits per heavy atom. The lowest BCUT2D eigenvalue weighted by Crippen LogP contribution is -2.22. The van der Waals surface area contributed by atoms with Gasteiger partial charge in [0, 0.05) is 28.8 Å². The van der Waals surface area contributed by atoms with Gasteiger partial charge in [-0.05, 0) is 49.4 Å². The third-order valence-electron chi connectivity index (χ3n) is 4.49. The molecule has 10 nitrogen and oxygen atoms in total. The summed E-state index contributed by atoms with van der Waals surface area (Å²) in [5, 5.41) is 0.315. The molecule has 1 aromatic heterocycles. The van der Waals surface area contributed by atoms with Gasteiger partial charge >= 0.3 is 7.82 Å². The van der Waals surface area contributed by atoms with Gasteiger partial charge < -0.3 is 20.4 Å². The maximum atomic E-state index is 12.6. The van der Waals surface area contributed by atoms with E-state index in [0.29, 0.717) is 44.0 Å². The van der Waals surface area contributed by atoms with E-state index in [9.17, 15) is 14.2 Å². The number of nitrogen functional groups attached to an aromatic ring is 1. The second kappa shape index (κ2) is 13.2. The van der Waals surface area contributed by atoms with E-state index in [1.54, 1.807) is 38.1 Å². The first-order valence-corrected chi connectivity index (χ1v) is 13.0. The van der Waals surface area contributed by atoms with Gasteiger partial charge in [-0.1, -0.05) is 35.3 Å². The first-order valence-electron chi connectivity index (χ1n) is 9.94. The van der Waals surface area contributed by atoms with Crippen LogP contribution >= 0.6 is 42.8 Å². The second-order valence-corrected chi connectivity index (χ2v) is 10.2. The summed E-state index contributed by atoms with van der Waals surface area (Å²) in [5.41, 5.74) is 7.43. The van der Waals surface area contributed by atoms with Crippen molar-refractivity contribution in [2.75, 3.05) is 12.3 Å². The van der Waals surface area contributed by atoms with Crippen molar-refractivity contribution >= 4 is 66.2 Å². The standard InChI is InChI=1S/C21H23Cl2N4O6PS/c1-13(27(12-28)11-16-10-25-14(2)26-21(16)24)19(7-8-33-34(30,31)32)35-20(29)6-4-15-3-5-17(22)18(23)9-15/h3-6,9-10,12H,7-8,11H2,1-2H3,(H2,24,25,26)(H2,30,31,32)/b6-4+,19-13-. The number of hydrogen-bond acceptors (Lipinski definition) is 8. The van der Waals surface area contributed by atoms with Crippen molar-refractivity contribution in [1.82, 2.24) is 14.9 Å². The van der Waals surface area contributed by atoms with E-state index >= 15 is 0 Å². The van der Waals surface area contributed by atoms with Crippen molar-refractivity contribution < 1.29 is 28.5 Å². The molecule has 0 fully saturated rings. The number of amides is 1. The van der Waals surface area contributed by atoms with E-state index in [0.717, 1.165) is 11.8 Å². The van der Waals surface area contributed by atoms with Crippen molar-refractivity contribution in [2.24, 2.45) is 0 Å². The lowest BCUT2D eigenvalue weighted by atomic mass is 10.2. The second-order valence-electron chi connectivity index (χ2n) is 7.07. The summed E-state index contributed by atoms with van der Waals surface area (Å²) in [6, 6.07) is 4.87. The molecule has 0 bridgehead atoms. The summed E-state index contributed by atoms with van der Waals surface area (Å²) in [5.74, 6) is 0.679. The Kier molecular flexibility index (Phi) is 10.9. The number of aromatic nitrogens is 2. The molecule has 0 radical (unpaired) electrons. The Morgan fingerprint density at radius 1 is 1.31 bits per heavy atom. The van der Waals surface area contributed by atoms with Crippen molar-refractivity contribution in [2.45, 2.75) is 26.8 Å². The number of aryl methyl sites for hydroxylation is 1. The van der Waals surface area contributed by atoms with Crippen LogP contribution in [0.4, 0.5) is 5.82 Å². The highest BCUT2D eigenvalue weighted by Gasteiger charge is 2.19. The molecule has 0 atom stereocenters. The quantitative estimate of drug-likeness (QED) is 0.205. The number of allylic oxidation sites excluding steroid dienone is 1. The molecule has 0 saturated carbocycles. The van der Waals surface area contributed by atoms with Crippen molar-refractivity contribution in [3.8, 4) is 0 Å². The number of phosphoric ester groups is 1. The van der Waals surface area contributed by atoms with Crippen LogP contribution in [0.3, 0.4) is 0 Å². The normalized spacial score (nSPS) is 12.5. The highest BCUT2D eigenvalue weighted by Crippen LogP contribution is 2.37. The number of rotatable bonds is 11. The Labute approximate surface area is 216 Å². The summed E-state index contributed by atoms with van der Waals surface area (Å²) >= 11 is 12.7. The lowest BCUT2D eigenvalue weighted by molar-refractivity contribution is -0.117. The van der Waals surface area contributed by atoms with Crippen LogP contribution in [0, 0.1) is 6.92 Å². The fraction of sp³-hybridized carbons (Fsp3) is 0.238. The molecule has 0 saturated heterocycles. The van der Waals surface area contributed by atoms with Gasteiger partial charge in [0.15, 0.2) is 0 Å². The minimum Gasteiger partial charge on any atom is -0.383 e. The number of nitrogens with two attached hydrogens (primary N) is 1. The van der Waals surface area contributed by atoms with Gasteiger partial charge in [0.25, 0.3) is 0 Å². The topological polar surface area (TPSA) is 156 Å². The number of phosphoric acid groups is 1. The van der Waals surface area contributed by atoms with Crippen molar-refractivity contribution in [3.05, 3.63) is 68.1 Å². The van der Waals surface area contributed by atoms with Crippen LogP contribution in [-0.4, -0.2) is 42.8 Å². The maximum Gasteiger partial charge on any atom is 0.469 e. The predicted octanol–water partition coefficient (Wildman–Crippen LogP) is 4.34. The minimum atomic E-state index is -4.71. The maximum absolute atomic E-state index is 12.6. The van der Waals surface area contributed by atoms with Crippen LogP contribution in [0.25, 0.3) is 6.08 Å². The third kappa shape index (κ3) is 9.73. The predicted molar refractivity (Wildman–Crippen MR) is 136 cm³/mol. The smallest absolute Gasteiger partial charge is 0.383 e. The number of hydrogen-bond donors (Lipinski definition) is 3. The van der Waals surface area contributed by atoms with Crippen LogP contribution < -0.4 is 5.73 Å². The molecule has 14 heteroatoms. The van der Waals surface area contributed by atoms with E-state index in [-0.39, 0.29) is 25.4 Å². The molecule has 0 aliphatic rings. The zero-order valence-corrected chi connectivity index (χ0v) is 21.9. The average Bonchev–Trinajstić information content (AvgIpc) is 2.77. The first-order chi connectivity index (χ1) is 16.4. The van der Waals surface area contributed by atoms with Crippen LogP contribution in [0.1, 0.15) is 30.3 Å². The number of thioether (sulfide) groups is 1. The Morgan fingerprint density at radius 3 is 2.63 bits per heavy atom. The van der Waals surface area contributed by atoms with E-state index in [4.69, 9.17) is 38.7 Å². The van der Waals surface area contributed by atoms with Gasteiger partial charge in [-0.3, -0.25) is 14.1 Å². The van der Waals surface area contributed by atoms with Crippen LogP contribution in [0.2, 0.25) is 10.0 Å². The average molecular weight is 561 g/mol. The van der Waals surface area contributed by atoms with E-state index in [2.05, 4.69) is 14.5 Å². The van der Waals surface area contributed by atoms with E-state index in [1.165, 1.54) is 17.2 Å². The summed E-state index contributed by atoms with van der Waals surface area (Å²) < 4.78 is 15.6. The van der Waals surface area contributed by atoms with E-state index < -0.39 is 12.9 Å². The third-order valence-corrected chi connectivity index (χ3v) is 6.83. The molecule has 2 rings (SSSR count). The molecule has 188 valence electrons. The molecule has 0 spiro atoms. The molecule has 35 heavy (non-hydrogen) atoms. The SMILES string of the molecule is C/C(=C(\CCOP(=O)(O)O)SC(=O)/C=C/c1ccc(Cl)c(Cl)c1)N(C=O)Cc1cnc(C)nc1N. The molecular formula is C21H23Cl2N4O6PS. The van der Waals surface area contributed by atoms with Gasteiger partial charge in [0.2, 0.25) is 11.5 Å². The van der Waals surface area contributed by atoms with Gasteiger partial charge in [-0.2, -0.15) is 0 Å². The van der Waals surface area contributed by atoms with Crippen LogP contribution in [0.15, 0.2) is 41.1 Å². The molecule has 0 unspecified atom stereocenters. The highest BCUT2D eigenvalue weighted by atomic mass is 35.5. The highest BCUT2D eigenvalue weighted by molar-refractivity contribution is 8.17. The largest absolute Gasteiger partial charge is 0.469 e. The molecule has 1 amide bonds. The van der Waals surface area contributed by atoms with Gasteiger partial charge in [-0.25, -0.2) is 14.5 Å². The van der Waals surface area contributed by atoms with Crippen molar-refractivity contribution in [1.29, 1.82) is 0 Å². The number of carbonyl (C=O) groups excluding carboxylic acids is 2. The molecule has 1 aromatic carbocycles. The molecule has 0 aliphatic heterocycles. The fourth-order valence-corrected chi connectivity index (χ4v) is 4.18. The van der Waals surface area contributed by atoms with Crippen molar-refractivity contribution in [3.63, 3.8) is 0 Å². The zero-order valence-electron chi connectivity index (χ0n) is 18.7. The Hall–Kier alpha value is -2.24. The van der Waals surface area contributed by atoms with E-state index in [1.807, 2.05) is 0 Å². The van der Waals surface area contributed by atoms with Gasteiger partial charge in [-0.15, -0.1) is 0 Å². The minimum absolute atomic E-state index is 0.0260. The summed E-state index contributed by atoms with van der Waals surface area (Å²) in [7, 11) is -4.71. The summed E-state index contributed by atoms with van der Waals surface area (Å²) in [6.45, 7) is 2.92. The van der Waals surface area contributed by atoms with Crippen LogP contribution in [0.5, 0.6) is 0 Å². The zero-order chi connectivity index (χ0) is 26.2. The molecule has 1 heterocycles. The number of benzene rings is 1. The Balaban J connectivity index is 2.27. The lowest BCUT2D eigenvalue weighted by Gasteiger charge is -2.22. The fourth-order valence-electron chi connectivity index (χ4n) is 2.71. The van der Waals surface area contributed by atoms with Gasteiger partial charge in [0.1, 0.15) is 11.6 Å². The molecule has 2 aromatic rings. The van der Waals surface area contributed by atoms with Gasteiger partial charge in [0.05, 0.1) is 23.2 Å². The number of anilines is 1. The number of halogens is 2. The number of nitrogens with zero attached hydrogens (tertiary/aromatic N) is 3.